The molecule has 5 rings (SSSR count). The zero-order chi connectivity index (χ0) is 27.5. The third-order valence-electron chi connectivity index (χ3n) is 6.78. The molecule has 2 aromatic carbocycles. The van der Waals surface area contributed by atoms with E-state index >= 15 is 0 Å². The van der Waals surface area contributed by atoms with Gasteiger partial charge in [0.2, 0.25) is 5.91 Å². The number of aryl methyl sites for hydroxylation is 1. The summed E-state index contributed by atoms with van der Waals surface area (Å²) in [6, 6.07) is 13.3. The van der Waals surface area contributed by atoms with Gasteiger partial charge in [0, 0.05) is 16.1 Å². The van der Waals surface area contributed by atoms with E-state index in [1.165, 1.54) is 17.0 Å². The Kier molecular flexibility index (Phi) is 7.90. The van der Waals surface area contributed by atoms with Gasteiger partial charge in [-0.3, -0.25) is 19.0 Å². The van der Waals surface area contributed by atoms with Gasteiger partial charge in [-0.05, 0) is 56.4 Å². The number of carbonyl (C=O) groups is 3. The van der Waals surface area contributed by atoms with E-state index in [1.807, 2.05) is 0 Å². The standard InChI is InChI=1S/C29H26ClN3O5S/c1-17-24-27(39-26(17)29(37)38-20-10-6-3-7-11-20)31-16-33(28(24)36)15-23(34)32-22-13-12-19(30)14-21(22)25(35)18-8-4-2-5-9-18/h2,4-5,8-9,12-14,16,20H,3,6-7,10-11,15H2,1H3,(H,32,34). The lowest BCUT2D eigenvalue weighted by Crippen LogP contribution is -2.28. The monoisotopic (exact) mass is 563 g/mol. The summed E-state index contributed by atoms with van der Waals surface area (Å²) in [7, 11) is 0. The maximum absolute atomic E-state index is 13.3. The van der Waals surface area contributed by atoms with Crippen molar-refractivity contribution in [2.24, 2.45) is 0 Å². The van der Waals surface area contributed by atoms with Crippen molar-refractivity contribution >= 4 is 56.5 Å². The number of hydrogen-bond acceptors (Lipinski definition) is 7. The molecule has 4 aromatic rings. The lowest BCUT2D eigenvalue weighted by molar-refractivity contribution is -0.116. The summed E-state index contributed by atoms with van der Waals surface area (Å²) in [6.07, 6.45) is 6.11. The number of halogens is 1. The molecule has 1 saturated carbocycles. The Balaban J connectivity index is 1.36. The van der Waals surface area contributed by atoms with Crippen LogP contribution in [0.2, 0.25) is 5.02 Å². The lowest BCUT2D eigenvalue weighted by atomic mass is 9.98. The molecule has 0 bridgehead atoms. The summed E-state index contributed by atoms with van der Waals surface area (Å²) in [6.45, 7) is 1.36. The Morgan fingerprint density at radius 3 is 2.59 bits per heavy atom. The molecular weight excluding hydrogens is 538 g/mol. The third-order valence-corrected chi connectivity index (χ3v) is 8.19. The van der Waals surface area contributed by atoms with Crippen LogP contribution < -0.4 is 10.9 Å². The van der Waals surface area contributed by atoms with E-state index in [0.29, 0.717) is 25.9 Å². The summed E-state index contributed by atoms with van der Waals surface area (Å²) in [5.74, 6) is -1.26. The number of thiophene rings is 1. The molecule has 0 aliphatic heterocycles. The van der Waals surface area contributed by atoms with Crippen LogP contribution in [0.15, 0.2) is 59.7 Å². The first kappa shape index (κ1) is 26.8. The minimum Gasteiger partial charge on any atom is -0.458 e. The summed E-state index contributed by atoms with van der Waals surface area (Å²) in [5.41, 5.74) is 1.03. The molecule has 10 heteroatoms. The zero-order valence-corrected chi connectivity index (χ0v) is 22.8. The minimum atomic E-state index is -0.521. The van der Waals surface area contributed by atoms with Crippen molar-refractivity contribution in [3.8, 4) is 0 Å². The molecule has 1 aliphatic rings. The number of anilines is 1. The molecule has 0 saturated heterocycles. The van der Waals surface area contributed by atoms with Crippen LogP contribution in [0.25, 0.3) is 10.2 Å². The highest BCUT2D eigenvalue weighted by molar-refractivity contribution is 7.20. The topological polar surface area (TPSA) is 107 Å². The number of aromatic nitrogens is 2. The average molecular weight is 564 g/mol. The summed E-state index contributed by atoms with van der Waals surface area (Å²) >= 11 is 7.25. The Morgan fingerprint density at radius 2 is 1.85 bits per heavy atom. The van der Waals surface area contributed by atoms with E-state index in [4.69, 9.17) is 16.3 Å². The van der Waals surface area contributed by atoms with Crippen molar-refractivity contribution in [3.63, 3.8) is 0 Å². The van der Waals surface area contributed by atoms with Crippen LogP contribution >= 0.6 is 22.9 Å². The van der Waals surface area contributed by atoms with E-state index in [9.17, 15) is 19.2 Å². The molecule has 1 N–H and O–H groups in total. The number of carbonyl (C=O) groups excluding carboxylic acids is 3. The van der Waals surface area contributed by atoms with Crippen molar-refractivity contribution in [2.45, 2.75) is 51.7 Å². The smallest absolute Gasteiger partial charge is 0.348 e. The van der Waals surface area contributed by atoms with Gasteiger partial charge in [0.1, 0.15) is 22.4 Å². The van der Waals surface area contributed by atoms with Gasteiger partial charge >= 0.3 is 5.97 Å². The molecule has 39 heavy (non-hydrogen) atoms. The number of ketones is 1. The number of amides is 1. The number of rotatable bonds is 7. The maximum atomic E-state index is 13.3. The molecule has 1 amide bonds. The van der Waals surface area contributed by atoms with E-state index < -0.39 is 17.4 Å². The minimum absolute atomic E-state index is 0.101. The fraction of sp³-hybridized carbons (Fsp3) is 0.276. The first-order valence-electron chi connectivity index (χ1n) is 12.7. The number of hydrogen-bond donors (Lipinski definition) is 1. The van der Waals surface area contributed by atoms with Gasteiger partial charge < -0.3 is 10.1 Å². The number of nitrogens with zero attached hydrogens (tertiary/aromatic N) is 2. The van der Waals surface area contributed by atoms with Crippen LogP contribution in [0.1, 0.15) is 63.3 Å². The average Bonchev–Trinajstić information content (AvgIpc) is 3.29. The second-order valence-electron chi connectivity index (χ2n) is 9.51. The lowest BCUT2D eigenvalue weighted by Gasteiger charge is -2.21. The Bertz CT molecular complexity index is 1620. The number of ether oxygens (including phenoxy) is 1. The molecule has 2 aromatic heterocycles. The van der Waals surface area contributed by atoms with Crippen molar-refractivity contribution in [1.82, 2.24) is 9.55 Å². The van der Waals surface area contributed by atoms with Gasteiger partial charge in [-0.15, -0.1) is 11.3 Å². The molecular formula is C29H26ClN3O5S. The number of esters is 1. The van der Waals surface area contributed by atoms with Crippen molar-refractivity contribution in [2.75, 3.05) is 5.32 Å². The van der Waals surface area contributed by atoms with Crippen molar-refractivity contribution in [3.05, 3.63) is 91.8 Å². The van der Waals surface area contributed by atoms with Gasteiger partial charge in [0.25, 0.3) is 5.56 Å². The first-order valence-corrected chi connectivity index (χ1v) is 13.9. The molecule has 0 spiro atoms. The van der Waals surface area contributed by atoms with E-state index in [1.54, 1.807) is 49.4 Å². The van der Waals surface area contributed by atoms with Crippen LogP contribution in [0, 0.1) is 6.92 Å². The Labute approximate surface area is 233 Å². The third kappa shape index (κ3) is 5.79. The van der Waals surface area contributed by atoms with Gasteiger partial charge in [0.05, 0.1) is 17.4 Å². The van der Waals surface area contributed by atoms with Gasteiger partial charge in [0.15, 0.2) is 5.78 Å². The number of fused-ring (bicyclic) bond motifs is 1. The maximum Gasteiger partial charge on any atom is 0.348 e. The summed E-state index contributed by atoms with van der Waals surface area (Å²) < 4.78 is 6.88. The Morgan fingerprint density at radius 1 is 1.10 bits per heavy atom. The molecule has 1 aliphatic carbocycles. The van der Waals surface area contributed by atoms with Crippen molar-refractivity contribution < 1.29 is 19.1 Å². The van der Waals surface area contributed by atoms with Crippen LogP contribution in [-0.4, -0.2) is 33.3 Å². The van der Waals surface area contributed by atoms with E-state index in [-0.39, 0.29) is 35.1 Å². The molecule has 2 heterocycles. The molecule has 0 radical (unpaired) electrons. The molecule has 1 fully saturated rings. The van der Waals surface area contributed by atoms with E-state index in [0.717, 1.165) is 43.4 Å². The van der Waals surface area contributed by atoms with Crippen LogP contribution in [0.3, 0.4) is 0 Å². The number of nitrogens with one attached hydrogen (secondary N) is 1. The highest BCUT2D eigenvalue weighted by atomic mass is 35.5. The molecule has 0 atom stereocenters. The summed E-state index contributed by atoms with van der Waals surface area (Å²) in [5, 5.41) is 3.36. The second kappa shape index (κ2) is 11.5. The van der Waals surface area contributed by atoms with E-state index in [2.05, 4.69) is 10.3 Å². The summed E-state index contributed by atoms with van der Waals surface area (Å²) in [4.78, 5) is 57.3. The zero-order valence-electron chi connectivity index (χ0n) is 21.2. The van der Waals surface area contributed by atoms with Crippen LogP contribution in [0.4, 0.5) is 5.69 Å². The highest BCUT2D eigenvalue weighted by Gasteiger charge is 2.25. The van der Waals surface area contributed by atoms with Crippen LogP contribution in [-0.2, 0) is 16.1 Å². The first-order chi connectivity index (χ1) is 18.8. The van der Waals surface area contributed by atoms with Crippen LogP contribution in [0.5, 0.6) is 0 Å². The second-order valence-corrected chi connectivity index (χ2v) is 10.9. The predicted octanol–water partition coefficient (Wildman–Crippen LogP) is 5.78. The molecule has 0 unspecified atom stereocenters. The van der Waals surface area contributed by atoms with Crippen molar-refractivity contribution in [1.29, 1.82) is 0 Å². The fourth-order valence-electron chi connectivity index (χ4n) is 4.76. The predicted molar refractivity (Wildman–Crippen MR) is 151 cm³/mol. The SMILES string of the molecule is Cc1c(C(=O)OC2CCCCC2)sc2ncn(CC(=O)Nc3ccc(Cl)cc3C(=O)c3ccccc3)c(=O)c12. The van der Waals surface area contributed by atoms with Gasteiger partial charge in [-0.2, -0.15) is 0 Å². The molecule has 8 nitrogen and oxygen atoms in total. The quantitative estimate of drug-likeness (QED) is 0.226. The van der Waals surface area contributed by atoms with Gasteiger partial charge in [-0.25, -0.2) is 9.78 Å². The fourth-order valence-corrected chi connectivity index (χ4v) is 5.95. The highest BCUT2D eigenvalue weighted by Crippen LogP contribution is 2.29. The molecule has 200 valence electrons. The van der Waals surface area contributed by atoms with Gasteiger partial charge in [-0.1, -0.05) is 48.4 Å². The normalized spacial score (nSPS) is 13.8. The number of benzene rings is 2. The largest absolute Gasteiger partial charge is 0.458 e. The Hall–Kier alpha value is -3.82.